The average molecular weight is 427 g/mol. The number of piperidine rings is 1. The summed E-state index contributed by atoms with van der Waals surface area (Å²) in [6.07, 6.45) is 1.51. The maximum Gasteiger partial charge on any atom is 0.282 e. The van der Waals surface area contributed by atoms with E-state index in [0.717, 1.165) is 25.9 Å². The van der Waals surface area contributed by atoms with Crippen LogP contribution in [0.1, 0.15) is 12.8 Å². The van der Waals surface area contributed by atoms with E-state index in [-0.39, 0.29) is 18.3 Å². The fourth-order valence-corrected chi connectivity index (χ4v) is 5.56. The maximum absolute atomic E-state index is 13.1. The number of hydrogen-bond donors (Lipinski definition) is 1. The summed E-state index contributed by atoms with van der Waals surface area (Å²) in [6.45, 7) is 5.23. The third-order valence-corrected chi connectivity index (χ3v) is 7.62. The van der Waals surface area contributed by atoms with Gasteiger partial charge in [0.25, 0.3) is 10.2 Å². The zero-order chi connectivity index (χ0) is 18.6. The normalized spacial score (nSPS) is 25.0. The minimum atomic E-state index is -3.47. The Morgan fingerprint density at radius 2 is 1.59 bits per heavy atom. The topological polar surface area (TPSA) is 91.4 Å². The second-order valence-electron chi connectivity index (χ2n) is 7.17. The molecule has 3 rings (SSSR count). The minimum absolute atomic E-state index is 0. The van der Waals surface area contributed by atoms with Crippen molar-refractivity contribution in [3.8, 4) is 0 Å². The first-order valence-corrected chi connectivity index (χ1v) is 10.7. The predicted molar refractivity (Wildman–Crippen MR) is 103 cm³/mol. The molecule has 3 fully saturated rings. The van der Waals surface area contributed by atoms with Crippen LogP contribution in [0.4, 0.5) is 0 Å². The molecule has 0 aromatic rings. The van der Waals surface area contributed by atoms with Crippen molar-refractivity contribution in [3.05, 3.63) is 0 Å². The summed E-state index contributed by atoms with van der Waals surface area (Å²) in [5.74, 6) is 0.101. The molecule has 9 nitrogen and oxygen atoms in total. The van der Waals surface area contributed by atoms with Crippen LogP contribution in [0.3, 0.4) is 0 Å². The smallest absolute Gasteiger partial charge is 0.282 e. The minimum Gasteiger partial charge on any atom is -0.384 e. The molecule has 1 N–H and O–H groups in total. The first-order chi connectivity index (χ1) is 12.5. The number of nitrogens with one attached hydrogen (secondary N) is 1. The van der Waals surface area contributed by atoms with E-state index in [9.17, 15) is 13.2 Å². The van der Waals surface area contributed by atoms with Crippen LogP contribution in [-0.4, -0.2) is 107 Å². The molecular formula is C16H31ClN4O5S. The van der Waals surface area contributed by atoms with Crippen molar-refractivity contribution in [2.24, 2.45) is 5.41 Å². The molecule has 0 aromatic carbocycles. The van der Waals surface area contributed by atoms with Crippen LogP contribution in [0.25, 0.3) is 0 Å². The number of rotatable bonds is 5. The van der Waals surface area contributed by atoms with Crippen LogP contribution >= 0.6 is 12.4 Å². The lowest BCUT2D eigenvalue weighted by atomic mass is 9.78. The number of amides is 1. The van der Waals surface area contributed by atoms with Gasteiger partial charge in [0.2, 0.25) is 5.91 Å². The Labute approximate surface area is 167 Å². The monoisotopic (exact) mass is 426 g/mol. The Balaban J connectivity index is 0.00000261. The maximum atomic E-state index is 13.1. The summed E-state index contributed by atoms with van der Waals surface area (Å²) in [7, 11) is -1.84. The number of ether oxygens (including phenoxy) is 2. The molecule has 0 radical (unpaired) electrons. The summed E-state index contributed by atoms with van der Waals surface area (Å²) >= 11 is 0. The molecule has 11 heteroatoms. The zero-order valence-corrected chi connectivity index (χ0v) is 17.5. The highest BCUT2D eigenvalue weighted by Crippen LogP contribution is 2.32. The van der Waals surface area contributed by atoms with E-state index in [1.54, 1.807) is 7.11 Å². The fourth-order valence-electron chi connectivity index (χ4n) is 4.00. The Bertz CT molecular complexity index is 580. The van der Waals surface area contributed by atoms with Gasteiger partial charge in [0.15, 0.2) is 0 Å². The summed E-state index contributed by atoms with van der Waals surface area (Å²) in [4.78, 5) is 15.0. The van der Waals surface area contributed by atoms with Gasteiger partial charge in [0, 0.05) is 46.4 Å². The SMILES string of the molecule is COCC1(C(=O)N2CCN(S(=O)(=O)N3CCOCC3)CC2)CCNCC1.Cl. The highest BCUT2D eigenvalue weighted by Gasteiger charge is 2.44. The Kier molecular flexibility index (Phi) is 8.29. The molecule has 0 unspecified atom stereocenters. The molecule has 0 aliphatic carbocycles. The summed E-state index contributed by atoms with van der Waals surface area (Å²) < 4.78 is 39.1. The van der Waals surface area contributed by atoms with Gasteiger partial charge in [-0.2, -0.15) is 17.0 Å². The van der Waals surface area contributed by atoms with Crippen molar-refractivity contribution in [3.63, 3.8) is 0 Å². The van der Waals surface area contributed by atoms with Crippen LogP contribution < -0.4 is 5.32 Å². The fraction of sp³-hybridized carbons (Fsp3) is 0.938. The summed E-state index contributed by atoms with van der Waals surface area (Å²) in [6, 6.07) is 0. The number of morpholine rings is 1. The predicted octanol–water partition coefficient (Wildman–Crippen LogP) is -0.854. The van der Waals surface area contributed by atoms with Crippen molar-refractivity contribution in [1.29, 1.82) is 0 Å². The number of nitrogens with zero attached hydrogens (tertiary/aromatic N) is 3. The quantitative estimate of drug-likeness (QED) is 0.615. The Morgan fingerprint density at radius 3 is 2.15 bits per heavy atom. The number of hydrogen-bond acceptors (Lipinski definition) is 6. The third-order valence-electron chi connectivity index (χ3n) is 5.58. The van der Waals surface area contributed by atoms with E-state index in [4.69, 9.17) is 9.47 Å². The Hall–Kier alpha value is -0.490. The molecule has 0 bridgehead atoms. The van der Waals surface area contributed by atoms with E-state index in [0.29, 0.717) is 59.1 Å². The number of halogens is 1. The first-order valence-electron chi connectivity index (χ1n) is 9.32. The molecule has 3 saturated heterocycles. The molecule has 1 amide bonds. The van der Waals surface area contributed by atoms with Crippen LogP contribution in [0, 0.1) is 5.41 Å². The molecule has 0 atom stereocenters. The highest BCUT2D eigenvalue weighted by molar-refractivity contribution is 7.86. The van der Waals surface area contributed by atoms with Gasteiger partial charge in [0.1, 0.15) is 0 Å². The van der Waals surface area contributed by atoms with Gasteiger partial charge in [0.05, 0.1) is 25.2 Å². The van der Waals surface area contributed by atoms with Gasteiger partial charge in [-0.1, -0.05) is 0 Å². The zero-order valence-electron chi connectivity index (χ0n) is 15.9. The second kappa shape index (κ2) is 9.82. The van der Waals surface area contributed by atoms with E-state index in [1.165, 1.54) is 8.61 Å². The number of carbonyl (C=O) groups is 1. The van der Waals surface area contributed by atoms with Crippen molar-refractivity contribution in [2.75, 3.05) is 79.3 Å². The van der Waals surface area contributed by atoms with Gasteiger partial charge >= 0.3 is 0 Å². The summed E-state index contributed by atoms with van der Waals surface area (Å²) in [5.41, 5.74) is -0.481. The molecule has 3 heterocycles. The van der Waals surface area contributed by atoms with Crippen molar-refractivity contribution in [1.82, 2.24) is 18.8 Å². The van der Waals surface area contributed by atoms with Crippen LogP contribution in [-0.2, 0) is 24.5 Å². The van der Waals surface area contributed by atoms with Gasteiger partial charge < -0.3 is 19.7 Å². The number of methoxy groups -OCH3 is 1. The molecule has 0 spiro atoms. The van der Waals surface area contributed by atoms with Gasteiger partial charge in [-0.05, 0) is 25.9 Å². The van der Waals surface area contributed by atoms with Gasteiger partial charge in [-0.15, -0.1) is 12.4 Å². The van der Waals surface area contributed by atoms with E-state index >= 15 is 0 Å². The third kappa shape index (κ3) is 4.92. The van der Waals surface area contributed by atoms with Gasteiger partial charge in [-0.3, -0.25) is 4.79 Å². The largest absolute Gasteiger partial charge is 0.384 e. The van der Waals surface area contributed by atoms with Crippen molar-refractivity contribution in [2.45, 2.75) is 12.8 Å². The number of carbonyl (C=O) groups excluding carboxylic acids is 1. The van der Waals surface area contributed by atoms with Crippen molar-refractivity contribution >= 4 is 28.5 Å². The molecular weight excluding hydrogens is 396 g/mol. The molecule has 3 aliphatic heterocycles. The lowest BCUT2D eigenvalue weighted by Crippen LogP contribution is -2.59. The van der Waals surface area contributed by atoms with Crippen molar-refractivity contribution < 1.29 is 22.7 Å². The Morgan fingerprint density at radius 1 is 1.04 bits per heavy atom. The van der Waals surface area contributed by atoms with Gasteiger partial charge in [-0.25, -0.2) is 0 Å². The van der Waals surface area contributed by atoms with E-state index < -0.39 is 15.6 Å². The molecule has 158 valence electrons. The van der Waals surface area contributed by atoms with Crippen LogP contribution in [0.2, 0.25) is 0 Å². The van der Waals surface area contributed by atoms with Crippen LogP contribution in [0.5, 0.6) is 0 Å². The van der Waals surface area contributed by atoms with Crippen LogP contribution in [0.15, 0.2) is 0 Å². The first kappa shape index (κ1) is 22.8. The second-order valence-corrected chi connectivity index (χ2v) is 9.10. The lowest BCUT2D eigenvalue weighted by Gasteiger charge is -2.43. The number of piperazine rings is 1. The standard InChI is InChI=1S/C16H30N4O5S.ClH/c1-24-14-16(2-4-17-5-3-16)15(21)18-6-8-19(9-7-18)26(22,23)20-10-12-25-13-11-20;/h17H,2-14H2,1H3;1H. The molecule has 0 saturated carbocycles. The average Bonchev–Trinajstić information content (AvgIpc) is 2.69. The molecule has 3 aliphatic rings. The lowest BCUT2D eigenvalue weighted by molar-refractivity contribution is -0.148. The molecule has 0 aromatic heterocycles. The molecule has 27 heavy (non-hydrogen) atoms. The summed E-state index contributed by atoms with van der Waals surface area (Å²) in [5, 5.41) is 3.29. The highest BCUT2D eigenvalue weighted by atomic mass is 35.5. The van der Waals surface area contributed by atoms with E-state index in [1.807, 2.05) is 4.90 Å². The van der Waals surface area contributed by atoms with E-state index in [2.05, 4.69) is 5.32 Å².